The first-order chi connectivity index (χ1) is 34.4. The van der Waals surface area contributed by atoms with Crippen LogP contribution in [-0.4, -0.2) is 18.3 Å². The molecule has 8 heteroatoms. The molecule has 14 aromatic rings. The van der Waals surface area contributed by atoms with Gasteiger partial charge < -0.3 is 18.3 Å². The molecule has 0 spiro atoms. The average molecular weight is 908 g/mol. The molecule has 0 amide bonds. The topological polar surface area (TPSA) is 43.5 Å². The number of halogens is 3. The Morgan fingerprint density at radius 1 is 0.371 bits per heavy atom. The van der Waals surface area contributed by atoms with Gasteiger partial charge in [0.15, 0.2) is 0 Å². The van der Waals surface area contributed by atoms with Gasteiger partial charge in [-0.1, -0.05) is 140 Å². The zero-order chi connectivity index (χ0) is 46.8. The van der Waals surface area contributed by atoms with E-state index in [-0.39, 0.29) is 0 Å². The summed E-state index contributed by atoms with van der Waals surface area (Å²) in [5, 5.41) is 20.0. The van der Waals surface area contributed by atoms with Gasteiger partial charge in [-0.2, -0.15) is 18.4 Å². The number of rotatable bonds is 5. The standard InChI is InChI=1S/C62H36F3N5/c63-62(64,65)39-17-15-16-38(36-39)42-30-33-54(69-50-26-11-7-22-43(50)45-31-34-55-57(60(45)69)47-24-9-13-28-52(47)67(55)40-18-3-1-4-19-40)49(37-66)59(42)70-51-27-12-8-23-44(51)46-32-35-56-58(61(46)70)48-25-10-14-29-53(48)68(56)41-20-5-2-6-21-41/h1-36H. The van der Waals surface area contributed by atoms with Crippen molar-refractivity contribution in [1.29, 1.82) is 5.26 Å². The first-order valence-electron chi connectivity index (χ1n) is 23.2. The van der Waals surface area contributed by atoms with Gasteiger partial charge in [0.25, 0.3) is 0 Å². The Morgan fingerprint density at radius 3 is 1.34 bits per heavy atom. The van der Waals surface area contributed by atoms with Gasteiger partial charge in [0.1, 0.15) is 11.6 Å². The third-order valence-corrected chi connectivity index (χ3v) is 14.2. The molecular weight excluding hydrogens is 872 g/mol. The summed E-state index contributed by atoms with van der Waals surface area (Å²) in [5.74, 6) is 0. The summed E-state index contributed by atoms with van der Waals surface area (Å²) in [6.45, 7) is 0. The number of nitriles is 1. The normalized spacial score (nSPS) is 12.2. The van der Waals surface area contributed by atoms with E-state index < -0.39 is 11.7 Å². The fraction of sp³-hybridized carbons (Fsp3) is 0.0161. The predicted molar refractivity (Wildman–Crippen MR) is 279 cm³/mol. The van der Waals surface area contributed by atoms with Crippen LogP contribution in [-0.2, 0) is 6.18 Å². The number of alkyl halides is 3. The van der Waals surface area contributed by atoms with Crippen molar-refractivity contribution >= 4 is 87.2 Å². The van der Waals surface area contributed by atoms with Crippen molar-refractivity contribution in [3.8, 4) is 39.9 Å². The molecule has 0 saturated carbocycles. The number of benzene rings is 10. The zero-order valence-corrected chi connectivity index (χ0v) is 37.2. The number of hydrogen-bond donors (Lipinski definition) is 0. The highest BCUT2D eigenvalue weighted by Gasteiger charge is 2.32. The molecule has 0 unspecified atom stereocenters. The van der Waals surface area contributed by atoms with Gasteiger partial charge in [0.05, 0.1) is 61.1 Å². The molecule has 14 rings (SSSR count). The lowest BCUT2D eigenvalue weighted by Crippen LogP contribution is -2.08. The Bertz CT molecular complexity index is 4520. The Hall–Kier alpha value is -9.32. The maximum Gasteiger partial charge on any atom is 0.416 e. The molecule has 5 nitrogen and oxygen atoms in total. The van der Waals surface area contributed by atoms with Crippen molar-refractivity contribution in [2.45, 2.75) is 6.18 Å². The van der Waals surface area contributed by atoms with Crippen LogP contribution in [0, 0.1) is 11.3 Å². The fourth-order valence-corrected chi connectivity index (χ4v) is 11.4. The van der Waals surface area contributed by atoms with Gasteiger partial charge >= 0.3 is 6.18 Å². The molecule has 0 atom stereocenters. The second kappa shape index (κ2) is 14.8. The summed E-state index contributed by atoms with van der Waals surface area (Å²) in [5.41, 5.74) is 11.0. The lowest BCUT2D eigenvalue weighted by Gasteiger charge is -2.21. The number of hydrogen-bond acceptors (Lipinski definition) is 1. The van der Waals surface area contributed by atoms with E-state index in [0.29, 0.717) is 28.1 Å². The largest absolute Gasteiger partial charge is 0.416 e. The average Bonchev–Trinajstić information content (AvgIpc) is 4.13. The molecule has 0 aliphatic heterocycles. The highest BCUT2D eigenvalue weighted by molar-refractivity contribution is 6.28. The lowest BCUT2D eigenvalue weighted by atomic mass is 9.96. The Morgan fingerprint density at radius 2 is 0.829 bits per heavy atom. The van der Waals surface area contributed by atoms with E-state index in [1.807, 2.05) is 91.0 Å². The lowest BCUT2D eigenvalue weighted by molar-refractivity contribution is -0.137. The highest BCUT2D eigenvalue weighted by Crippen LogP contribution is 2.48. The van der Waals surface area contributed by atoms with E-state index in [2.05, 4.69) is 127 Å². The smallest absolute Gasteiger partial charge is 0.309 e. The quantitative estimate of drug-likeness (QED) is 0.170. The summed E-state index contributed by atoms with van der Waals surface area (Å²) in [4.78, 5) is 0. The van der Waals surface area contributed by atoms with Crippen LogP contribution in [0.1, 0.15) is 11.1 Å². The SMILES string of the molecule is N#Cc1c(-n2c3ccccc3c3ccc4c(c5ccccc5n4-c4ccccc4)c32)ccc(-c2cccc(C(F)(F)F)c2)c1-n1c2ccccc2c2ccc3c(c4ccccc4n3-c3ccccc3)c21. The number of nitrogens with zero attached hydrogens (tertiary/aromatic N) is 5. The van der Waals surface area contributed by atoms with E-state index in [0.717, 1.165) is 105 Å². The number of para-hydroxylation sites is 6. The van der Waals surface area contributed by atoms with Crippen LogP contribution < -0.4 is 0 Å². The van der Waals surface area contributed by atoms with Crippen molar-refractivity contribution in [2.24, 2.45) is 0 Å². The van der Waals surface area contributed by atoms with Gasteiger partial charge in [-0.15, -0.1) is 0 Å². The van der Waals surface area contributed by atoms with E-state index in [4.69, 9.17) is 0 Å². The van der Waals surface area contributed by atoms with Crippen LogP contribution in [0.3, 0.4) is 0 Å². The maximum absolute atomic E-state index is 14.7. The Balaban J connectivity index is 1.19. The van der Waals surface area contributed by atoms with Crippen molar-refractivity contribution < 1.29 is 13.2 Å². The first-order valence-corrected chi connectivity index (χ1v) is 23.2. The van der Waals surface area contributed by atoms with Crippen LogP contribution in [0.4, 0.5) is 13.2 Å². The molecule has 0 aliphatic rings. The minimum atomic E-state index is -4.60. The molecule has 0 saturated heterocycles. The van der Waals surface area contributed by atoms with Crippen LogP contribution in [0.5, 0.6) is 0 Å². The summed E-state index contributed by atoms with van der Waals surface area (Å²) in [6.07, 6.45) is -4.60. The molecule has 4 aromatic heterocycles. The molecule has 0 fully saturated rings. The molecule has 0 N–H and O–H groups in total. The van der Waals surface area contributed by atoms with Crippen LogP contribution in [0.25, 0.3) is 121 Å². The van der Waals surface area contributed by atoms with Gasteiger partial charge in [-0.25, -0.2) is 0 Å². The third-order valence-electron chi connectivity index (χ3n) is 14.2. The number of fused-ring (bicyclic) bond motifs is 14. The third kappa shape index (κ3) is 5.54. The molecule has 0 aliphatic carbocycles. The monoisotopic (exact) mass is 907 g/mol. The van der Waals surface area contributed by atoms with Crippen LogP contribution >= 0.6 is 0 Å². The van der Waals surface area contributed by atoms with Crippen molar-refractivity contribution in [2.75, 3.05) is 0 Å². The Kier molecular flexibility index (Phi) is 8.44. The van der Waals surface area contributed by atoms with Gasteiger partial charge in [-0.3, -0.25) is 0 Å². The highest BCUT2D eigenvalue weighted by atomic mass is 19.4. The van der Waals surface area contributed by atoms with E-state index in [1.165, 1.54) is 12.1 Å². The fourth-order valence-electron chi connectivity index (χ4n) is 11.4. The molecule has 0 bridgehead atoms. The van der Waals surface area contributed by atoms with E-state index >= 15 is 0 Å². The molecule has 0 radical (unpaired) electrons. The second-order valence-corrected chi connectivity index (χ2v) is 17.8. The maximum atomic E-state index is 14.7. The Labute approximate surface area is 397 Å². The minimum absolute atomic E-state index is 0.313. The minimum Gasteiger partial charge on any atom is -0.309 e. The predicted octanol–water partition coefficient (Wildman–Crippen LogP) is 16.6. The van der Waals surface area contributed by atoms with Crippen molar-refractivity contribution in [1.82, 2.24) is 18.3 Å². The summed E-state index contributed by atoms with van der Waals surface area (Å²) in [7, 11) is 0. The van der Waals surface area contributed by atoms with Gasteiger partial charge in [0.2, 0.25) is 0 Å². The molecule has 4 heterocycles. The van der Waals surface area contributed by atoms with Crippen LogP contribution in [0.15, 0.2) is 218 Å². The number of aromatic nitrogens is 4. The first kappa shape index (κ1) is 39.8. The second-order valence-electron chi connectivity index (χ2n) is 17.8. The van der Waals surface area contributed by atoms with E-state index in [1.54, 1.807) is 6.07 Å². The summed E-state index contributed by atoms with van der Waals surface area (Å²) in [6, 6.07) is 74.3. The van der Waals surface area contributed by atoms with Gasteiger partial charge in [0, 0.05) is 60.0 Å². The molecule has 330 valence electrons. The summed E-state index contributed by atoms with van der Waals surface area (Å²) < 4.78 is 53.0. The molecule has 70 heavy (non-hydrogen) atoms. The van der Waals surface area contributed by atoms with Crippen molar-refractivity contribution in [3.63, 3.8) is 0 Å². The molecular formula is C62H36F3N5. The van der Waals surface area contributed by atoms with Crippen LogP contribution in [0.2, 0.25) is 0 Å². The van der Waals surface area contributed by atoms with E-state index in [9.17, 15) is 18.4 Å². The molecule has 10 aromatic carbocycles. The van der Waals surface area contributed by atoms with Crippen molar-refractivity contribution in [3.05, 3.63) is 230 Å². The zero-order valence-electron chi connectivity index (χ0n) is 37.2. The summed E-state index contributed by atoms with van der Waals surface area (Å²) >= 11 is 0. The van der Waals surface area contributed by atoms with Gasteiger partial charge in [-0.05, 0) is 84.4 Å².